The van der Waals surface area contributed by atoms with E-state index >= 15 is 0 Å². The van der Waals surface area contributed by atoms with Crippen molar-refractivity contribution in [1.29, 1.82) is 0 Å². The van der Waals surface area contributed by atoms with Gasteiger partial charge in [-0.05, 0) is 26.3 Å². The first-order valence-electron chi connectivity index (χ1n) is 5.06. The lowest BCUT2D eigenvalue weighted by Gasteiger charge is -2.17. The highest BCUT2D eigenvalue weighted by molar-refractivity contribution is 7.91. The molecule has 0 heterocycles. The molecular weight excluding hydrogens is 225 g/mol. The second kappa shape index (κ2) is 5.46. The Bertz CT molecular complexity index is 348. The number of alkyl halides is 1. The molecule has 1 aromatic carbocycles. The summed E-state index contributed by atoms with van der Waals surface area (Å²) in [4.78, 5) is 0. The van der Waals surface area contributed by atoms with E-state index in [-0.39, 0.29) is 0 Å². The van der Waals surface area contributed by atoms with Crippen LogP contribution in [0.2, 0.25) is 0 Å². The number of hydrogen-bond acceptors (Lipinski definition) is 2. The van der Waals surface area contributed by atoms with Crippen LogP contribution in [0.5, 0.6) is 0 Å². The first-order chi connectivity index (χ1) is 7.41. The van der Waals surface area contributed by atoms with Crippen LogP contribution in [0.4, 0.5) is 4.39 Å². The van der Waals surface area contributed by atoms with E-state index in [9.17, 15) is 8.94 Å². The van der Waals surface area contributed by atoms with Crippen molar-refractivity contribution in [3.8, 4) is 0 Å². The summed E-state index contributed by atoms with van der Waals surface area (Å²) in [7, 11) is 0. The fourth-order valence-corrected chi connectivity index (χ4v) is 1.52. The van der Waals surface area contributed by atoms with Crippen LogP contribution >= 0.6 is 0 Å². The van der Waals surface area contributed by atoms with Crippen molar-refractivity contribution in [2.24, 2.45) is 4.40 Å². The van der Waals surface area contributed by atoms with Gasteiger partial charge in [0, 0.05) is 0 Å². The zero-order valence-corrected chi connectivity index (χ0v) is 10.5. The Morgan fingerprint density at radius 1 is 1.31 bits per heavy atom. The van der Waals surface area contributed by atoms with E-state index in [0.717, 1.165) is 6.21 Å². The number of nitrogens with zero attached hydrogens (tertiary/aromatic N) is 1. The molecule has 2 nitrogen and oxygen atoms in total. The lowest BCUT2D eigenvalue weighted by Crippen LogP contribution is -2.26. The number of hydrogen-bond donors (Lipinski definition) is 0. The quantitative estimate of drug-likeness (QED) is 0.591. The smallest absolute Gasteiger partial charge is 0.165 e. The van der Waals surface area contributed by atoms with Gasteiger partial charge in [0.25, 0.3) is 0 Å². The van der Waals surface area contributed by atoms with E-state index in [0.29, 0.717) is 5.56 Å². The molecule has 2 unspecified atom stereocenters. The second-order valence-electron chi connectivity index (χ2n) is 4.43. The summed E-state index contributed by atoms with van der Waals surface area (Å²) in [5.74, 6) is 0. The van der Waals surface area contributed by atoms with Gasteiger partial charge in [-0.2, -0.15) is 0 Å². The van der Waals surface area contributed by atoms with Gasteiger partial charge >= 0.3 is 0 Å². The molecular formula is C12H16FNOS. The molecule has 0 aromatic heterocycles. The fraction of sp³-hybridized carbons (Fsp3) is 0.417. The highest BCUT2D eigenvalue weighted by atomic mass is 32.2. The number of benzene rings is 1. The van der Waals surface area contributed by atoms with Crippen LogP contribution in [-0.4, -0.2) is 15.5 Å². The third-order valence-electron chi connectivity index (χ3n) is 1.93. The summed E-state index contributed by atoms with van der Waals surface area (Å²) >= 11 is -1.40. The van der Waals surface area contributed by atoms with Crippen LogP contribution in [0, 0.1) is 0 Å². The van der Waals surface area contributed by atoms with Crippen LogP contribution in [0.1, 0.15) is 32.5 Å². The van der Waals surface area contributed by atoms with Crippen molar-refractivity contribution in [2.45, 2.75) is 31.7 Å². The summed E-state index contributed by atoms with van der Waals surface area (Å²) in [6, 6.07) is 8.70. The van der Waals surface area contributed by atoms with Crippen LogP contribution in [0.25, 0.3) is 0 Å². The van der Waals surface area contributed by atoms with Crippen molar-refractivity contribution in [3.63, 3.8) is 0 Å². The minimum Gasteiger partial charge on any atom is -0.591 e. The van der Waals surface area contributed by atoms with Crippen molar-refractivity contribution in [2.75, 3.05) is 0 Å². The third-order valence-corrected chi connectivity index (χ3v) is 3.29. The normalized spacial score (nSPS) is 16.3. The molecule has 4 heteroatoms. The Morgan fingerprint density at radius 2 is 1.88 bits per heavy atom. The van der Waals surface area contributed by atoms with Gasteiger partial charge in [-0.15, -0.1) is 0 Å². The molecule has 1 aromatic rings. The lowest BCUT2D eigenvalue weighted by molar-refractivity contribution is 0.446. The number of rotatable bonds is 3. The summed E-state index contributed by atoms with van der Waals surface area (Å²) in [5.41, 5.74) is 0.525. The Morgan fingerprint density at radius 3 is 2.38 bits per heavy atom. The van der Waals surface area contributed by atoms with Crippen molar-refractivity contribution in [3.05, 3.63) is 35.9 Å². The van der Waals surface area contributed by atoms with Gasteiger partial charge in [-0.3, -0.25) is 0 Å². The maximum absolute atomic E-state index is 13.6. The van der Waals surface area contributed by atoms with Crippen molar-refractivity contribution < 1.29 is 8.94 Å². The monoisotopic (exact) mass is 241 g/mol. The summed E-state index contributed by atoms with van der Waals surface area (Å²) in [6.07, 6.45) is -0.191. The molecule has 0 amide bonds. The summed E-state index contributed by atoms with van der Waals surface area (Å²) in [6.45, 7) is 5.41. The molecule has 2 atom stereocenters. The van der Waals surface area contributed by atoms with E-state index in [4.69, 9.17) is 0 Å². The standard InChI is InChI=1S/C12H16FNOS/c1-12(2,3)16(15)14-9-11(13)10-7-5-4-6-8-10/h4-9,11H,1-3H3/b14-9+. The van der Waals surface area contributed by atoms with Crippen LogP contribution in [0.15, 0.2) is 34.7 Å². The molecule has 0 radical (unpaired) electrons. The molecule has 0 bridgehead atoms. The Kier molecular flexibility index (Phi) is 4.50. The predicted molar refractivity (Wildman–Crippen MR) is 66.7 cm³/mol. The van der Waals surface area contributed by atoms with Gasteiger partial charge in [-0.25, -0.2) is 4.39 Å². The molecule has 0 fully saturated rings. The highest BCUT2D eigenvalue weighted by Crippen LogP contribution is 2.19. The first kappa shape index (κ1) is 13.2. The SMILES string of the molecule is CC(C)(C)[S+]([O-])/N=C/C(F)c1ccccc1. The number of halogens is 1. The molecule has 88 valence electrons. The largest absolute Gasteiger partial charge is 0.591 e. The van der Waals surface area contributed by atoms with Gasteiger partial charge in [0.15, 0.2) is 6.17 Å². The lowest BCUT2D eigenvalue weighted by atomic mass is 10.1. The van der Waals surface area contributed by atoms with E-state index < -0.39 is 22.3 Å². The Balaban J connectivity index is 2.65. The maximum atomic E-state index is 13.6. The van der Waals surface area contributed by atoms with Crippen molar-refractivity contribution in [1.82, 2.24) is 0 Å². The molecule has 1 rings (SSSR count). The van der Waals surface area contributed by atoms with E-state index in [1.54, 1.807) is 45.0 Å². The van der Waals surface area contributed by atoms with Crippen LogP contribution < -0.4 is 0 Å². The maximum Gasteiger partial charge on any atom is 0.165 e. The summed E-state index contributed by atoms with van der Waals surface area (Å²) < 4.78 is 28.4. The molecule has 16 heavy (non-hydrogen) atoms. The Hall–Kier alpha value is -0.870. The summed E-state index contributed by atoms with van der Waals surface area (Å²) in [5, 5.41) is 0. The molecule has 0 saturated carbocycles. The first-order valence-corrected chi connectivity index (χ1v) is 6.17. The molecule has 0 spiro atoms. The topological polar surface area (TPSA) is 35.4 Å². The fourth-order valence-electron chi connectivity index (χ4n) is 0.990. The second-order valence-corrected chi connectivity index (χ2v) is 6.36. The van der Waals surface area contributed by atoms with Crippen LogP contribution in [-0.2, 0) is 11.4 Å². The van der Waals surface area contributed by atoms with Gasteiger partial charge in [0.1, 0.15) is 16.1 Å². The Labute approximate surface area is 98.9 Å². The zero-order chi connectivity index (χ0) is 12.2. The average Bonchev–Trinajstić information content (AvgIpc) is 2.25. The molecule has 0 aliphatic rings. The van der Waals surface area contributed by atoms with E-state index in [1.165, 1.54) is 0 Å². The molecule has 0 saturated heterocycles. The minimum atomic E-state index is -1.40. The molecule has 0 aliphatic heterocycles. The predicted octanol–water partition coefficient (Wildman–Crippen LogP) is 3.23. The highest BCUT2D eigenvalue weighted by Gasteiger charge is 2.26. The molecule has 0 aliphatic carbocycles. The third kappa shape index (κ3) is 3.94. The van der Waals surface area contributed by atoms with E-state index in [2.05, 4.69) is 4.40 Å². The van der Waals surface area contributed by atoms with Gasteiger partial charge in [0.2, 0.25) is 0 Å². The van der Waals surface area contributed by atoms with Crippen molar-refractivity contribution >= 4 is 17.6 Å². The zero-order valence-electron chi connectivity index (χ0n) is 9.68. The molecule has 0 N–H and O–H groups in total. The average molecular weight is 241 g/mol. The van der Waals surface area contributed by atoms with Crippen LogP contribution in [0.3, 0.4) is 0 Å². The van der Waals surface area contributed by atoms with E-state index in [1.807, 2.05) is 6.07 Å². The van der Waals surface area contributed by atoms with Gasteiger partial charge < -0.3 is 4.55 Å². The minimum absolute atomic E-state index is 0.451. The van der Waals surface area contributed by atoms with Gasteiger partial charge in [-0.1, -0.05) is 34.7 Å². The van der Waals surface area contributed by atoms with Gasteiger partial charge in [0.05, 0.1) is 6.21 Å².